The summed E-state index contributed by atoms with van der Waals surface area (Å²) in [6.07, 6.45) is -3.26. The number of ether oxygens (including phenoxy) is 1. The lowest BCUT2D eigenvalue weighted by molar-refractivity contribution is -0.274. The average molecular weight is 444 g/mol. The molecule has 3 N–H and O–H groups in total. The van der Waals surface area contributed by atoms with Crippen molar-refractivity contribution in [3.05, 3.63) is 54.4 Å². The molecule has 2 amide bonds. The van der Waals surface area contributed by atoms with Crippen LogP contribution in [0.5, 0.6) is 5.75 Å². The van der Waals surface area contributed by atoms with Crippen molar-refractivity contribution >= 4 is 28.5 Å². The molecule has 2 fully saturated rings. The number of amides is 2. The van der Waals surface area contributed by atoms with Crippen LogP contribution in [0.3, 0.4) is 0 Å². The van der Waals surface area contributed by atoms with Crippen LogP contribution in [0, 0.1) is 5.92 Å². The fourth-order valence-corrected chi connectivity index (χ4v) is 3.82. The van der Waals surface area contributed by atoms with Gasteiger partial charge in [0.15, 0.2) is 0 Å². The third kappa shape index (κ3) is 4.12. The quantitative estimate of drug-likeness (QED) is 0.538. The highest BCUT2D eigenvalue weighted by atomic mass is 19.4. The highest BCUT2D eigenvalue weighted by Crippen LogP contribution is 2.48. The van der Waals surface area contributed by atoms with Gasteiger partial charge in [-0.3, -0.25) is 9.59 Å². The highest BCUT2D eigenvalue weighted by Gasteiger charge is 2.55. The molecule has 0 radical (unpaired) electrons. The number of aromatic amines is 1. The maximum absolute atomic E-state index is 12.7. The van der Waals surface area contributed by atoms with Crippen molar-refractivity contribution < 1.29 is 27.5 Å². The van der Waals surface area contributed by atoms with E-state index in [2.05, 4.69) is 25.3 Å². The predicted molar refractivity (Wildman–Crippen MR) is 109 cm³/mol. The molecule has 2 atom stereocenters. The van der Waals surface area contributed by atoms with Crippen molar-refractivity contribution in [2.24, 2.45) is 5.92 Å². The Labute approximate surface area is 180 Å². The van der Waals surface area contributed by atoms with Crippen LogP contribution in [-0.4, -0.2) is 33.7 Å². The topological polar surface area (TPSA) is 96.1 Å². The number of fused-ring (bicyclic) bond motifs is 1. The Hall–Kier alpha value is -3.56. The Balaban J connectivity index is 1.21. The number of H-pyrrole nitrogens is 1. The van der Waals surface area contributed by atoms with Gasteiger partial charge in [0.2, 0.25) is 11.8 Å². The van der Waals surface area contributed by atoms with Crippen LogP contribution < -0.4 is 15.4 Å². The number of nitrogens with zero attached hydrogens (tertiary/aromatic N) is 1. The number of hydrogen-bond donors (Lipinski definition) is 3. The first-order chi connectivity index (χ1) is 15.2. The monoisotopic (exact) mass is 444 g/mol. The van der Waals surface area contributed by atoms with Gasteiger partial charge in [-0.1, -0.05) is 18.2 Å². The van der Waals surface area contributed by atoms with Crippen LogP contribution in [-0.2, 0) is 9.59 Å². The first-order valence-electron chi connectivity index (χ1n) is 10.2. The Morgan fingerprint density at radius 3 is 2.62 bits per heavy atom. The van der Waals surface area contributed by atoms with Crippen molar-refractivity contribution in [2.75, 3.05) is 5.32 Å². The Morgan fingerprint density at radius 2 is 1.91 bits per heavy atom. The van der Waals surface area contributed by atoms with E-state index >= 15 is 0 Å². The molecular weight excluding hydrogens is 425 g/mol. The van der Waals surface area contributed by atoms with Crippen LogP contribution in [0.2, 0.25) is 0 Å². The van der Waals surface area contributed by atoms with E-state index in [9.17, 15) is 22.8 Å². The fourth-order valence-electron chi connectivity index (χ4n) is 3.82. The molecule has 0 saturated heterocycles. The molecule has 32 heavy (non-hydrogen) atoms. The SMILES string of the molecule is O=C(NC1(C(=O)Nc2cccc(OC(F)(F)F)c2)CC1)C1C[C@@H]1c1nc2ccccc2[nH]1. The van der Waals surface area contributed by atoms with Crippen molar-refractivity contribution in [3.63, 3.8) is 0 Å². The summed E-state index contributed by atoms with van der Waals surface area (Å²) in [6.45, 7) is 0. The van der Waals surface area contributed by atoms with Gasteiger partial charge in [0.1, 0.15) is 17.1 Å². The van der Waals surface area contributed by atoms with E-state index < -0.39 is 23.6 Å². The van der Waals surface area contributed by atoms with E-state index in [1.807, 2.05) is 24.3 Å². The lowest BCUT2D eigenvalue weighted by Crippen LogP contribution is -2.46. The van der Waals surface area contributed by atoms with E-state index in [-0.39, 0.29) is 23.4 Å². The van der Waals surface area contributed by atoms with Crippen molar-refractivity contribution in [3.8, 4) is 5.75 Å². The summed E-state index contributed by atoms with van der Waals surface area (Å²) in [6, 6.07) is 12.6. The van der Waals surface area contributed by atoms with Gasteiger partial charge in [0, 0.05) is 23.6 Å². The minimum atomic E-state index is -4.82. The molecule has 1 aromatic heterocycles. The number of carbonyl (C=O) groups is 2. The zero-order valence-corrected chi connectivity index (χ0v) is 16.7. The minimum Gasteiger partial charge on any atom is -0.406 e. The number of imidazole rings is 1. The zero-order chi connectivity index (χ0) is 22.5. The van der Waals surface area contributed by atoms with Gasteiger partial charge >= 0.3 is 6.36 Å². The van der Waals surface area contributed by atoms with E-state index in [4.69, 9.17) is 0 Å². The summed E-state index contributed by atoms with van der Waals surface area (Å²) in [5, 5.41) is 5.41. The first-order valence-corrected chi connectivity index (χ1v) is 10.2. The van der Waals surface area contributed by atoms with E-state index in [0.717, 1.165) is 29.0 Å². The van der Waals surface area contributed by atoms with Crippen LogP contribution in [0.15, 0.2) is 48.5 Å². The normalized spacial score (nSPS) is 21.1. The number of nitrogens with one attached hydrogen (secondary N) is 3. The molecule has 2 aliphatic carbocycles. The molecule has 2 saturated carbocycles. The standard InChI is InChI=1S/C22H19F3N4O3/c23-22(24,25)32-13-5-3-4-12(10-13)26-20(31)21(8-9-21)29-19(30)15-11-14(15)18-27-16-6-1-2-7-17(16)28-18/h1-7,10,14-15H,8-9,11H2,(H,26,31)(H,27,28)(H,29,30)/t14-,15?/m0/s1. The van der Waals surface area contributed by atoms with Gasteiger partial charge in [0.25, 0.3) is 0 Å². The lowest BCUT2D eigenvalue weighted by Gasteiger charge is -2.18. The van der Waals surface area contributed by atoms with Gasteiger partial charge in [-0.25, -0.2) is 4.98 Å². The van der Waals surface area contributed by atoms with E-state index in [1.165, 1.54) is 12.1 Å². The van der Waals surface area contributed by atoms with Crippen LogP contribution in [0.25, 0.3) is 11.0 Å². The average Bonchev–Trinajstić information content (AvgIpc) is 3.64. The lowest BCUT2D eigenvalue weighted by atomic mass is 10.2. The molecule has 2 aliphatic rings. The highest BCUT2D eigenvalue weighted by molar-refractivity contribution is 6.03. The zero-order valence-electron chi connectivity index (χ0n) is 16.7. The number of rotatable bonds is 6. The van der Waals surface area contributed by atoms with Gasteiger partial charge in [-0.2, -0.15) is 0 Å². The molecule has 0 spiro atoms. The molecule has 166 valence electrons. The molecule has 3 aromatic rings. The second kappa shape index (κ2) is 7.25. The fraction of sp³-hybridized carbons (Fsp3) is 0.318. The van der Waals surface area contributed by atoms with E-state index in [0.29, 0.717) is 19.3 Å². The molecule has 7 nitrogen and oxygen atoms in total. The van der Waals surface area contributed by atoms with Crippen LogP contribution >= 0.6 is 0 Å². The molecule has 10 heteroatoms. The second-order valence-corrected chi connectivity index (χ2v) is 8.19. The first kappa shape index (κ1) is 20.3. The summed E-state index contributed by atoms with van der Waals surface area (Å²) in [4.78, 5) is 33.3. The minimum absolute atomic E-state index is 0.0301. The molecule has 0 bridgehead atoms. The molecule has 1 unspecified atom stereocenters. The molecular formula is C22H19F3N4O3. The number of aromatic nitrogens is 2. The summed E-state index contributed by atoms with van der Waals surface area (Å²) in [5.74, 6) is -0.673. The van der Waals surface area contributed by atoms with Crippen molar-refractivity contribution in [2.45, 2.75) is 37.1 Å². The third-order valence-corrected chi connectivity index (χ3v) is 5.76. The van der Waals surface area contributed by atoms with E-state index in [1.54, 1.807) is 0 Å². The maximum atomic E-state index is 12.7. The number of carbonyl (C=O) groups excluding carboxylic acids is 2. The van der Waals surface area contributed by atoms with Crippen LogP contribution in [0.4, 0.5) is 18.9 Å². The summed E-state index contributed by atoms with van der Waals surface area (Å²) in [5.41, 5.74) is 0.856. The van der Waals surface area contributed by atoms with Crippen molar-refractivity contribution in [1.82, 2.24) is 15.3 Å². The molecule has 5 rings (SSSR count). The van der Waals surface area contributed by atoms with Gasteiger partial charge in [-0.05, 0) is 43.5 Å². The van der Waals surface area contributed by atoms with Crippen molar-refractivity contribution in [1.29, 1.82) is 0 Å². The Bertz CT molecular complexity index is 1170. The largest absolute Gasteiger partial charge is 0.573 e. The number of halogens is 3. The maximum Gasteiger partial charge on any atom is 0.573 e. The number of hydrogen-bond acceptors (Lipinski definition) is 4. The van der Waals surface area contributed by atoms with Gasteiger partial charge in [0.05, 0.1) is 11.0 Å². The summed E-state index contributed by atoms with van der Waals surface area (Å²) in [7, 11) is 0. The summed E-state index contributed by atoms with van der Waals surface area (Å²) >= 11 is 0. The molecule has 2 aromatic carbocycles. The van der Waals surface area contributed by atoms with Crippen LogP contribution in [0.1, 0.15) is 31.0 Å². The Kier molecular flexibility index (Phi) is 4.61. The van der Waals surface area contributed by atoms with Gasteiger partial charge in [-0.15, -0.1) is 13.2 Å². The summed E-state index contributed by atoms with van der Waals surface area (Å²) < 4.78 is 41.1. The molecule has 1 heterocycles. The molecule has 0 aliphatic heterocycles. The second-order valence-electron chi connectivity index (χ2n) is 8.19. The van der Waals surface area contributed by atoms with Gasteiger partial charge < -0.3 is 20.4 Å². The number of anilines is 1. The number of alkyl halides is 3. The Morgan fingerprint density at radius 1 is 1.12 bits per heavy atom. The number of benzene rings is 2. The third-order valence-electron chi connectivity index (χ3n) is 5.76. The predicted octanol–water partition coefficient (Wildman–Crippen LogP) is 3.85. The number of para-hydroxylation sites is 2. The smallest absolute Gasteiger partial charge is 0.406 e.